The molecule has 1 aliphatic carbocycles. The van der Waals surface area contributed by atoms with E-state index in [-0.39, 0.29) is 11.2 Å². The Labute approximate surface area is 152 Å². The molecule has 2 aromatic rings. The van der Waals surface area contributed by atoms with E-state index >= 15 is 0 Å². The van der Waals surface area contributed by atoms with E-state index in [9.17, 15) is 9.59 Å². The molecular formula is C17H27N4O4P. The van der Waals surface area contributed by atoms with Crippen LogP contribution in [0.3, 0.4) is 0 Å². The van der Waals surface area contributed by atoms with Crippen LogP contribution in [0.25, 0.3) is 11.2 Å². The lowest BCUT2D eigenvalue weighted by molar-refractivity contribution is 0.476. The molecule has 3 N–H and O–H groups in total. The number of hydrogen-bond acceptors (Lipinski definition) is 5. The van der Waals surface area contributed by atoms with Crippen molar-refractivity contribution in [3.63, 3.8) is 0 Å². The van der Waals surface area contributed by atoms with Crippen molar-refractivity contribution in [1.29, 1.82) is 0 Å². The first kappa shape index (κ1) is 19.3. The zero-order valence-electron chi connectivity index (χ0n) is 15.1. The molecule has 0 radical (unpaired) electrons. The Morgan fingerprint density at radius 3 is 2.54 bits per heavy atom. The summed E-state index contributed by atoms with van der Waals surface area (Å²) in [7, 11) is -1.91. The largest absolute Gasteiger partial charge is 0.350 e. The molecule has 0 spiro atoms. The van der Waals surface area contributed by atoms with Gasteiger partial charge in [-0.25, -0.2) is 9.78 Å². The Kier molecular flexibility index (Phi) is 6.27. The zero-order chi connectivity index (χ0) is 18.7. The number of rotatable bonds is 8. The Hall–Kier alpha value is -1.50. The first-order valence-corrected chi connectivity index (χ1v) is 10.8. The van der Waals surface area contributed by atoms with Crippen LogP contribution in [-0.4, -0.2) is 35.1 Å². The van der Waals surface area contributed by atoms with Crippen LogP contribution in [-0.2, 0) is 13.1 Å². The van der Waals surface area contributed by atoms with Gasteiger partial charge in [-0.1, -0.05) is 19.8 Å². The molecule has 1 aliphatic rings. The van der Waals surface area contributed by atoms with Gasteiger partial charge in [-0.05, 0) is 32.1 Å². The van der Waals surface area contributed by atoms with E-state index in [1.165, 1.54) is 17.4 Å². The molecule has 2 aromatic heterocycles. The van der Waals surface area contributed by atoms with Crippen molar-refractivity contribution in [2.45, 2.75) is 70.9 Å². The molecule has 0 aliphatic heterocycles. The maximum Gasteiger partial charge on any atom is 0.332 e. The van der Waals surface area contributed by atoms with Gasteiger partial charge in [-0.2, -0.15) is 0 Å². The fourth-order valence-electron chi connectivity index (χ4n) is 3.72. The molecule has 2 heterocycles. The van der Waals surface area contributed by atoms with Crippen LogP contribution in [0.2, 0.25) is 0 Å². The fraction of sp³-hybridized carbons (Fsp3) is 0.706. The number of imidazole rings is 1. The molecule has 9 heteroatoms. The van der Waals surface area contributed by atoms with Crippen molar-refractivity contribution in [2.75, 3.05) is 6.16 Å². The Balaban J connectivity index is 2.01. The third-order valence-corrected chi connectivity index (χ3v) is 5.77. The SMILES string of the molecule is CCCn1c(=O)c2[nH]c(C3CCCC3)nc2n(CCCCP(O)O)c1=O. The van der Waals surface area contributed by atoms with Gasteiger partial charge >= 0.3 is 5.69 Å². The Morgan fingerprint density at radius 1 is 1.15 bits per heavy atom. The average Bonchev–Trinajstić information content (AvgIpc) is 3.27. The molecule has 0 atom stereocenters. The monoisotopic (exact) mass is 382 g/mol. The minimum Gasteiger partial charge on any atom is -0.350 e. The van der Waals surface area contributed by atoms with Gasteiger partial charge < -0.3 is 14.8 Å². The molecule has 8 nitrogen and oxygen atoms in total. The highest BCUT2D eigenvalue weighted by atomic mass is 31.2. The molecule has 0 aromatic carbocycles. The Bertz CT molecular complexity index is 864. The van der Waals surface area contributed by atoms with Crippen LogP contribution in [0, 0.1) is 0 Å². The molecule has 26 heavy (non-hydrogen) atoms. The number of aryl methyl sites for hydroxylation is 1. The summed E-state index contributed by atoms with van der Waals surface area (Å²) < 4.78 is 2.85. The van der Waals surface area contributed by atoms with Gasteiger partial charge in [0.05, 0.1) is 0 Å². The number of unbranched alkanes of at least 4 members (excludes halogenated alkanes) is 1. The highest BCUT2D eigenvalue weighted by Gasteiger charge is 2.23. The minimum absolute atomic E-state index is 0.297. The summed E-state index contributed by atoms with van der Waals surface area (Å²) in [6.45, 7) is 2.73. The van der Waals surface area contributed by atoms with E-state index in [0.717, 1.165) is 18.7 Å². The maximum atomic E-state index is 12.8. The second-order valence-corrected chi connectivity index (χ2v) is 8.19. The standard InChI is InChI=1S/C17H27N4O4P/c1-2-9-21-16(22)13-15(19-14(18-13)12-7-3-4-8-12)20(17(21)23)10-5-6-11-26(24)25/h12,24-25H,2-11H2,1H3,(H,18,19). The summed E-state index contributed by atoms with van der Waals surface area (Å²) in [5, 5.41) is 0. The average molecular weight is 382 g/mol. The van der Waals surface area contributed by atoms with E-state index < -0.39 is 8.38 Å². The van der Waals surface area contributed by atoms with Crippen LogP contribution in [0.4, 0.5) is 0 Å². The van der Waals surface area contributed by atoms with Crippen molar-refractivity contribution >= 4 is 19.5 Å². The first-order valence-electron chi connectivity index (χ1n) is 9.41. The van der Waals surface area contributed by atoms with E-state index in [0.29, 0.717) is 55.6 Å². The van der Waals surface area contributed by atoms with Gasteiger partial charge in [-0.3, -0.25) is 13.9 Å². The second-order valence-electron chi connectivity index (χ2n) is 7.00. The van der Waals surface area contributed by atoms with Gasteiger partial charge in [0.15, 0.2) is 14.0 Å². The van der Waals surface area contributed by atoms with Gasteiger partial charge in [0.2, 0.25) is 0 Å². The quantitative estimate of drug-likeness (QED) is 0.478. The normalized spacial score (nSPS) is 15.5. The molecule has 0 saturated heterocycles. The van der Waals surface area contributed by atoms with Crippen LogP contribution in [0.15, 0.2) is 9.59 Å². The minimum atomic E-state index is -1.91. The second kappa shape index (κ2) is 8.46. The van der Waals surface area contributed by atoms with Gasteiger partial charge in [0.25, 0.3) is 5.56 Å². The van der Waals surface area contributed by atoms with Crippen LogP contribution < -0.4 is 11.2 Å². The summed E-state index contributed by atoms with van der Waals surface area (Å²) >= 11 is 0. The van der Waals surface area contributed by atoms with E-state index in [1.807, 2.05) is 6.92 Å². The molecule has 0 unspecified atom stereocenters. The van der Waals surface area contributed by atoms with Crippen LogP contribution in [0.5, 0.6) is 0 Å². The van der Waals surface area contributed by atoms with E-state index in [1.54, 1.807) is 4.57 Å². The van der Waals surface area contributed by atoms with Gasteiger partial charge in [0.1, 0.15) is 11.3 Å². The smallest absolute Gasteiger partial charge is 0.332 e. The summed E-state index contributed by atoms with van der Waals surface area (Å²) in [6.07, 6.45) is 6.72. The van der Waals surface area contributed by atoms with Crippen molar-refractivity contribution in [3.05, 3.63) is 26.7 Å². The zero-order valence-corrected chi connectivity index (χ0v) is 16.0. The summed E-state index contributed by atoms with van der Waals surface area (Å²) in [5.41, 5.74) is 0.217. The predicted molar refractivity (Wildman–Crippen MR) is 102 cm³/mol. The van der Waals surface area contributed by atoms with Crippen molar-refractivity contribution < 1.29 is 9.79 Å². The topological polar surface area (TPSA) is 113 Å². The Morgan fingerprint density at radius 2 is 1.88 bits per heavy atom. The number of nitrogens with zero attached hydrogens (tertiary/aromatic N) is 3. The molecule has 3 rings (SSSR count). The van der Waals surface area contributed by atoms with Crippen molar-refractivity contribution in [1.82, 2.24) is 19.1 Å². The first-order chi connectivity index (χ1) is 12.5. The fourth-order valence-corrected chi connectivity index (χ4v) is 4.23. The number of nitrogens with one attached hydrogen (secondary N) is 1. The molecule has 1 saturated carbocycles. The summed E-state index contributed by atoms with van der Waals surface area (Å²) in [4.78, 5) is 51.5. The lowest BCUT2D eigenvalue weighted by Crippen LogP contribution is -2.40. The maximum absolute atomic E-state index is 12.8. The lowest BCUT2D eigenvalue weighted by atomic mass is 10.1. The van der Waals surface area contributed by atoms with E-state index in [4.69, 9.17) is 9.79 Å². The van der Waals surface area contributed by atoms with Gasteiger partial charge in [0, 0.05) is 25.2 Å². The van der Waals surface area contributed by atoms with Crippen molar-refractivity contribution in [2.24, 2.45) is 0 Å². The van der Waals surface area contributed by atoms with Crippen LogP contribution >= 0.6 is 8.38 Å². The molecule has 0 amide bonds. The molecule has 144 valence electrons. The number of aromatic amines is 1. The van der Waals surface area contributed by atoms with Crippen LogP contribution in [0.1, 0.15) is 63.6 Å². The third-order valence-electron chi connectivity index (χ3n) is 5.06. The van der Waals surface area contributed by atoms with Gasteiger partial charge in [-0.15, -0.1) is 0 Å². The summed E-state index contributed by atoms with van der Waals surface area (Å²) in [5.74, 6) is 1.14. The number of hydrogen-bond donors (Lipinski definition) is 3. The summed E-state index contributed by atoms with van der Waals surface area (Å²) in [6, 6.07) is 0. The highest BCUT2D eigenvalue weighted by molar-refractivity contribution is 7.45. The molecule has 1 fully saturated rings. The lowest BCUT2D eigenvalue weighted by Gasteiger charge is -2.10. The number of H-pyrrole nitrogens is 1. The number of fused-ring (bicyclic) bond motifs is 1. The van der Waals surface area contributed by atoms with E-state index in [2.05, 4.69) is 9.97 Å². The molecule has 0 bridgehead atoms. The van der Waals surface area contributed by atoms with Crippen molar-refractivity contribution in [3.8, 4) is 0 Å². The molecular weight excluding hydrogens is 355 g/mol. The number of aromatic nitrogens is 4. The predicted octanol–water partition coefficient (Wildman–Crippen LogP) is 2.03. The highest BCUT2D eigenvalue weighted by Crippen LogP contribution is 2.32. The third kappa shape index (κ3) is 3.92.